The van der Waals surface area contributed by atoms with E-state index in [-0.39, 0.29) is 0 Å². The van der Waals surface area contributed by atoms with E-state index in [0.717, 1.165) is 32.5 Å². The van der Waals surface area contributed by atoms with Gasteiger partial charge in [0, 0.05) is 21.4 Å². The molecule has 2 nitrogen and oxygen atoms in total. The SMILES string of the molecule is Cc1ccc(C(N)=S)c(Nc2cccc(Br)c2C)c1. The maximum atomic E-state index is 5.77. The summed E-state index contributed by atoms with van der Waals surface area (Å²) in [7, 11) is 0. The highest BCUT2D eigenvalue weighted by molar-refractivity contribution is 9.10. The number of hydrogen-bond acceptors (Lipinski definition) is 2. The summed E-state index contributed by atoms with van der Waals surface area (Å²) in [4.78, 5) is 0.398. The Morgan fingerprint density at radius 3 is 2.58 bits per heavy atom. The molecule has 2 aromatic rings. The molecule has 0 saturated heterocycles. The van der Waals surface area contributed by atoms with Crippen molar-refractivity contribution in [3.8, 4) is 0 Å². The van der Waals surface area contributed by atoms with E-state index in [1.54, 1.807) is 0 Å². The fourth-order valence-corrected chi connectivity index (χ4v) is 2.41. The Hall–Kier alpha value is -1.39. The molecule has 0 amide bonds. The fraction of sp³-hybridized carbons (Fsp3) is 0.133. The number of halogens is 1. The number of thiocarbonyl (C=S) groups is 1. The zero-order chi connectivity index (χ0) is 14.0. The van der Waals surface area contributed by atoms with Crippen molar-refractivity contribution in [3.05, 3.63) is 57.6 Å². The quantitative estimate of drug-likeness (QED) is 0.814. The second-order valence-electron chi connectivity index (χ2n) is 4.45. The monoisotopic (exact) mass is 334 g/mol. The Morgan fingerprint density at radius 2 is 1.89 bits per heavy atom. The van der Waals surface area contributed by atoms with Gasteiger partial charge in [-0.15, -0.1) is 0 Å². The third-order valence-electron chi connectivity index (χ3n) is 2.98. The summed E-state index contributed by atoms with van der Waals surface area (Å²) in [6, 6.07) is 12.1. The van der Waals surface area contributed by atoms with Crippen molar-refractivity contribution in [2.75, 3.05) is 5.32 Å². The van der Waals surface area contributed by atoms with Crippen LogP contribution in [0.2, 0.25) is 0 Å². The van der Waals surface area contributed by atoms with Gasteiger partial charge in [0.2, 0.25) is 0 Å². The van der Waals surface area contributed by atoms with Gasteiger partial charge >= 0.3 is 0 Å². The standard InChI is InChI=1S/C15H15BrN2S/c1-9-6-7-11(15(17)19)14(8-9)18-13-5-3-4-12(16)10(13)2/h3-8,18H,1-2H3,(H2,17,19). The molecule has 0 saturated carbocycles. The minimum atomic E-state index is 0.398. The van der Waals surface area contributed by atoms with Crippen LogP contribution in [0.15, 0.2) is 40.9 Å². The van der Waals surface area contributed by atoms with Crippen LogP contribution in [0.25, 0.3) is 0 Å². The predicted molar refractivity (Wildman–Crippen MR) is 89.2 cm³/mol. The van der Waals surface area contributed by atoms with Crippen LogP contribution in [0.4, 0.5) is 11.4 Å². The van der Waals surface area contributed by atoms with Crippen LogP contribution in [-0.2, 0) is 0 Å². The summed E-state index contributed by atoms with van der Waals surface area (Å²) >= 11 is 8.63. The maximum absolute atomic E-state index is 5.77. The van der Waals surface area contributed by atoms with Gasteiger partial charge < -0.3 is 11.1 Å². The van der Waals surface area contributed by atoms with Crippen molar-refractivity contribution < 1.29 is 0 Å². The second-order valence-corrected chi connectivity index (χ2v) is 5.74. The number of hydrogen-bond donors (Lipinski definition) is 2. The number of aryl methyl sites for hydroxylation is 1. The Kier molecular flexibility index (Phi) is 4.22. The average molecular weight is 335 g/mol. The van der Waals surface area contributed by atoms with Crippen LogP contribution in [-0.4, -0.2) is 4.99 Å². The molecule has 0 fully saturated rings. The maximum Gasteiger partial charge on any atom is 0.106 e. The predicted octanol–water partition coefficient (Wildman–Crippen LogP) is 4.44. The molecule has 0 unspecified atom stereocenters. The van der Waals surface area contributed by atoms with Crippen molar-refractivity contribution >= 4 is 44.5 Å². The smallest absolute Gasteiger partial charge is 0.106 e. The number of anilines is 2. The molecule has 3 N–H and O–H groups in total. The van der Waals surface area contributed by atoms with Gasteiger partial charge in [0.05, 0.1) is 0 Å². The normalized spacial score (nSPS) is 10.3. The van der Waals surface area contributed by atoms with E-state index in [1.165, 1.54) is 0 Å². The molecule has 0 aromatic heterocycles. The summed E-state index contributed by atoms with van der Waals surface area (Å²) in [5.74, 6) is 0. The molecule has 0 bridgehead atoms. The first-order valence-electron chi connectivity index (χ1n) is 5.91. The molecule has 98 valence electrons. The summed E-state index contributed by atoms with van der Waals surface area (Å²) in [5, 5.41) is 3.41. The van der Waals surface area contributed by atoms with Gasteiger partial charge in [0.1, 0.15) is 4.99 Å². The molecule has 0 heterocycles. The van der Waals surface area contributed by atoms with E-state index < -0.39 is 0 Å². The highest BCUT2D eigenvalue weighted by atomic mass is 79.9. The lowest BCUT2D eigenvalue weighted by Gasteiger charge is -2.14. The summed E-state index contributed by atoms with van der Waals surface area (Å²) in [6.45, 7) is 4.10. The largest absolute Gasteiger partial charge is 0.389 e. The van der Waals surface area contributed by atoms with E-state index in [1.807, 2.05) is 37.3 Å². The van der Waals surface area contributed by atoms with Crippen molar-refractivity contribution in [1.82, 2.24) is 0 Å². The first-order valence-corrected chi connectivity index (χ1v) is 7.12. The van der Waals surface area contributed by atoms with Crippen molar-refractivity contribution in [1.29, 1.82) is 0 Å². The third-order valence-corrected chi connectivity index (χ3v) is 4.06. The topological polar surface area (TPSA) is 38.0 Å². The Labute approximate surface area is 127 Å². The van der Waals surface area contributed by atoms with Crippen LogP contribution in [0.3, 0.4) is 0 Å². The summed E-state index contributed by atoms with van der Waals surface area (Å²) in [6.07, 6.45) is 0. The zero-order valence-electron chi connectivity index (χ0n) is 10.8. The Morgan fingerprint density at radius 1 is 1.16 bits per heavy atom. The van der Waals surface area contributed by atoms with E-state index in [2.05, 4.69) is 34.2 Å². The first kappa shape index (κ1) is 14.0. The van der Waals surface area contributed by atoms with E-state index >= 15 is 0 Å². The molecule has 19 heavy (non-hydrogen) atoms. The third kappa shape index (κ3) is 3.14. The van der Waals surface area contributed by atoms with Crippen molar-refractivity contribution in [3.63, 3.8) is 0 Å². The van der Waals surface area contributed by atoms with Crippen LogP contribution in [0, 0.1) is 13.8 Å². The van der Waals surface area contributed by atoms with Gasteiger partial charge in [-0.25, -0.2) is 0 Å². The second kappa shape index (κ2) is 5.72. The average Bonchev–Trinajstić information content (AvgIpc) is 2.35. The van der Waals surface area contributed by atoms with E-state index in [9.17, 15) is 0 Å². The molecule has 0 radical (unpaired) electrons. The van der Waals surface area contributed by atoms with Gasteiger partial charge in [-0.2, -0.15) is 0 Å². The summed E-state index contributed by atoms with van der Waals surface area (Å²) < 4.78 is 1.07. The lowest BCUT2D eigenvalue weighted by Crippen LogP contribution is -2.12. The van der Waals surface area contributed by atoms with Crippen LogP contribution in [0.1, 0.15) is 16.7 Å². The minimum Gasteiger partial charge on any atom is -0.389 e. The molecule has 0 aliphatic heterocycles. The lowest BCUT2D eigenvalue weighted by molar-refractivity contribution is 1.38. The Balaban J connectivity index is 2.45. The highest BCUT2D eigenvalue weighted by Crippen LogP contribution is 2.28. The highest BCUT2D eigenvalue weighted by Gasteiger charge is 2.08. The molecule has 0 atom stereocenters. The van der Waals surface area contributed by atoms with Crippen molar-refractivity contribution in [2.24, 2.45) is 5.73 Å². The molecule has 0 aliphatic rings. The molecular weight excluding hydrogens is 320 g/mol. The van der Waals surface area contributed by atoms with E-state index in [0.29, 0.717) is 4.99 Å². The number of nitrogens with one attached hydrogen (secondary N) is 1. The van der Waals surface area contributed by atoms with Gasteiger partial charge in [-0.1, -0.05) is 40.3 Å². The van der Waals surface area contributed by atoms with Crippen LogP contribution >= 0.6 is 28.1 Å². The summed E-state index contributed by atoms with van der Waals surface area (Å²) in [5.41, 5.74) is 10.9. The number of rotatable bonds is 3. The van der Waals surface area contributed by atoms with Gasteiger partial charge in [0.15, 0.2) is 0 Å². The van der Waals surface area contributed by atoms with Crippen molar-refractivity contribution in [2.45, 2.75) is 13.8 Å². The zero-order valence-corrected chi connectivity index (χ0v) is 13.2. The number of nitrogens with two attached hydrogens (primary N) is 1. The number of benzene rings is 2. The first-order chi connectivity index (χ1) is 8.99. The van der Waals surface area contributed by atoms with Gasteiger partial charge in [0.25, 0.3) is 0 Å². The Bertz CT molecular complexity index is 638. The molecule has 0 spiro atoms. The molecule has 2 rings (SSSR count). The minimum absolute atomic E-state index is 0.398. The molecule has 4 heteroatoms. The fourth-order valence-electron chi connectivity index (χ4n) is 1.86. The molecule has 0 aliphatic carbocycles. The van der Waals surface area contributed by atoms with Crippen LogP contribution in [0.5, 0.6) is 0 Å². The van der Waals surface area contributed by atoms with Gasteiger partial charge in [-0.05, 0) is 49.2 Å². The van der Waals surface area contributed by atoms with E-state index in [4.69, 9.17) is 18.0 Å². The lowest BCUT2D eigenvalue weighted by atomic mass is 10.1. The van der Waals surface area contributed by atoms with Crippen LogP contribution < -0.4 is 11.1 Å². The van der Waals surface area contributed by atoms with Gasteiger partial charge in [-0.3, -0.25) is 0 Å². The molecular formula is C15H15BrN2S. The molecule has 2 aromatic carbocycles.